The Morgan fingerprint density at radius 3 is 2.93 bits per heavy atom. The van der Waals surface area contributed by atoms with Crippen molar-refractivity contribution >= 4 is 17.7 Å². The van der Waals surface area contributed by atoms with Crippen LogP contribution in [0.5, 0.6) is 0 Å². The molecule has 4 heterocycles. The van der Waals surface area contributed by atoms with Crippen LogP contribution in [-0.4, -0.2) is 72.0 Å². The molecule has 1 aromatic rings. The first kappa shape index (κ1) is 17.8. The zero-order valence-electron chi connectivity index (χ0n) is 15.6. The highest BCUT2D eigenvalue weighted by Gasteiger charge is 2.41. The molecule has 0 aromatic heterocycles. The highest BCUT2D eigenvalue weighted by atomic mass is 16.5. The molecule has 5 rings (SSSR count). The maximum atomic E-state index is 13.2. The third-order valence-corrected chi connectivity index (χ3v) is 6.34. The molecule has 4 aliphatic heterocycles. The minimum Gasteiger partial charge on any atom is -0.378 e. The van der Waals surface area contributed by atoms with Gasteiger partial charge in [-0.3, -0.25) is 24.6 Å². The van der Waals surface area contributed by atoms with Crippen LogP contribution in [0.1, 0.15) is 34.3 Å². The molecule has 3 saturated heterocycles. The summed E-state index contributed by atoms with van der Waals surface area (Å²) in [4.78, 5) is 40.9. The van der Waals surface area contributed by atoms with Gasteiger partial charge in [-0.1, -0.05) is 18.2 Å². The molecule has 28 heavy (non-hydrogen) atoms. The molecule has 3 amide bonds. The first-order chi connectivity index (χ1) is 13.6. The van der Waals surface area contributed by atoms with Gasteiger partial charge in [0.25, 0.3) is 5.91 Å². The molecule has 8 heteroatoms. The lowest BCUT2D eigenvalue weighted by Crippen LogP contribution is -2.56. The number of carbonyl (C=O) groups is 3. The lowest BCUT2D eigenvalue weighted by Gasteiger charge is -2.37. The molecule has 3 fully saturated rings. The maximum absolute atomic E-state index is 13.2. The lowest BCUT2D eigenvalue weighted by atomic mass is 10.00. The van der Waals surface area contributed by atoms with Crippen LogP contribution in [-0.2, 0) is 27.4 Å². The van der Waals surface area contributed by atoms with Gasteiger partial charge in [-0.15, -0.1) is 0 Å². The second-order valence-corrected chi connectivity index (χ2v) is 7.99. The van der Waals surface area contributed by atoms with Crippen LogP contribution in [0.15, 0.2) is 18.2 Å². The summed E-state index contributed by atoms with van der Waals surface area (Å²) in [5, 5.41) is 5.86. The molecule has 0 aliphatic carbocycles. The van der Waals surface area contributed by atoms with Crippen molar-refractivity contribution < 1.29 is 19.1 Å². The summed E-state index contributed by atoms with van der Waals surface area (Å²) in [7, 11) is 0. The molecule has 148 valence electrons. The number of imide groups is 1. The Balaban J connectivity index is 1.38. The van der Waals surface area contributed by atoms with Crippen molar-refractivity contribution in [1.82, 2.24) is 20.4 Å². The summed E-state index contributed by atoms with van der Waals surface area (Å²) < 4.78 is 5.64. The monoisotopic (exact) mass is 384 g/mol. The van der Waals surface area contributed by atoms with Gasteiger partial charge in [-0.25, -0.2) is 0 Å². The van der Waals surface area contributed by atoms with E-state index in [9.17, 15) is 14.4 Å². The zero-order valence-corrected chi connectivity index (χ0v) is 15.6. The summed E-state index contributed by atoms with van der Waals surface area (Å²) in [5.41, 5.74) is 2.69. The van der Waals surface area contributed by atoms with Gasteiger partial charge >= 0.3 is 0 Å². The number of amides is 3. The third kappa shape index (κ3) is 2.92. The molecule has 4 aliphatic rings. The zero-order chi connectivity index (χ0) is 19.3. The van der Waals surface area contributed by atoms with E-state index < -0.39 is 6.04 Å². The summed E-state index contributed by atoms with van der Waals surface area (Å²) >= 11 is 0. The van der Waals surface area contributed by atoms with Crippen molar-refractivity contribution in [3.8, 4) is 0 Å². The van der Waals surface area contributed by atoms with Gasteiger partial charge in [0.1, 0.15) is 6.04 Å². The number of benzene rings is 1. The van der Waals surface area contributed by atoms with Crippen molar-refractivity contribution in [3.63, 3.8) is 0 Å². The van der Waals surface area contributed by atoms with E-state index in [-0.39, 0.29) is 24.1 Å². The van der Waals surface area contributed by atoms with Gasteiger partial charge in [0.2, 0.25) is 11.8 Å². The maximum Gasteiger partial charge on any atom is 0.255 e. The highest BCUT2D eigenvalue weighted by Crippen LogP contribution is 2.31. The van der Waals surface area contributed by atoms with E-state index in [1.54, 1.807) is 4.90 Å². The van der Waals surface area contributed by atoms with Crippen molar-refractivity contribution in [2.75, 3.05) is 26.3 Å². The smallest absolute Gasteiger partial charge is 0.255 e. The summed E-state index contributed by atoms with van der Waals surface area (Å²) in [5.74, 6) is -0.736. The lowest BCUT2D eigenvalue weighted by molar-refractivity contribution is -0.136. The van der Waals surface area contributed by atoms with Crippen LogP contribution in [0.2, 0.25) is 0 Å². The van der Waals surface area contributed by atoms with E-state index in [0.29, 0.717) is 38.2 Å². The summed E-state index contributed by atoms with van der Waals surface area (Å²) in [6.07, 6.45) is 0.659. The van der Waals surface area contributed by atoms with E-state index in [4.69, 9.17) is 4.74 Å². The fourth-order valence-corrected chi connectivity index (χ4v) is 4.89. The highest BCUT2D eigenvalue weighted by molar-refractivity contribution is 6.05. The molecular formula is C20H24N4O4. The van der Waals surface area contributed by atoms with Crippen molar-refractivity contribution in [3.05, 3.63) is 34.9 Å². The molecule has 0 spiro atoms. The van der Waals surface area contributed by atoms with Gasteiger partial charge < -0.3 is 15.0 Å². The standard InChI is InChI=1S/C20H24N4O4/c25-17-5-4-15(19(26)22-17)24-9-13-3-1-2-12(18(13)20(24)27)8-23-7-6-21-14-10-28-11-16(14)23/h1-3,14-16,21H,4-11H2,(H,22,25,26)/t14-,15?,16+/m0/s1. The van der Waals surface area contributed by atoms with Crippen molar-refractivity contribution in [1.29, 1.82) is 0 Å². The van der Waals surface area contributed by atoms with E-state index in [0.717, 1.165) is 36.4 Å². The normalized spacial score (nSPS) is 30.4. The number of nitrogens with zero attached hydrogens (tertiary/aromatic N) is 2. The number of ether oxygens (including phenoxy) is 1. The molecule has 0 saturated carbocycles. The van der Waals surface area contributed by atoms with Gasteiger partial charge in [0.15, 0.2) is 0 Å². The first-order valence-corrected chi connectivity index (χ1v) is 9.92. The fraction of sp³-hybridized carbons (Fsp3) is 0.550. The SMILES string of the molecule is O=C1CCC(N2Cc3cccc(CN4CCN[C@H]5COC[C@H]54)c3C2=O)C(=O)N1. The van der Waals surface area contributed by atoms with Crippen molar-refractivity contribution in [2.45, 2.75) is 44.1 Å². The van der Waals surface area contributed by atoms with Gasteiger partial charge in [-0.2, -0.15) is 0 Å². The van der Waals surface area contributed by atoms with Gasteiger partial charge in [0.05, 0.1) is 19.3 Å². The van der Waals surface area contributed by atoms with Gasteiger partial charge in [-0.05, 0) is 17.5 Å². The number of rotatable bonds is 3. The average molecular weight is 384 g/mol. The number of carbonyl (C=O) groups excluding carboxylic acids is 3. The Morgan fingerprint density at radius 2 is 2.07 bits per heavy atom. The summed E-state index contributed by atoms with van der Waals surface area (Å²) in [6.45, 7) is 4.39. The Hall–Kier alpha value is -2.29. The number of fused-ring (bicyclic) bond motifs is 2. The molecule has 3 atom stereocenters. The molecule has 0 radical (unpaired) electrons. The minimum atomic E-state index is -0.572. The van der Waals surface area contributed by atoms with Crippen LogP contribution in [0, 0.1) is 0 Å². The van der Waals surface area contributed by atoms with Crippen LogP contribution in [0.4, 0.5) is 0 Å². The Morgan fingerprint density at radius 1 is 1.18 bits per heavy atom. The van der Waals surface area contributed by atoms with Crippen molar-refractivity contribution in [2.24, 2.45) is 0 Å². The van der Waals surface area contributed by atoms with Gasteiger partial charge in [0, 0.05) is 44.2 Å². The van der Waals surface area contributed by atoms with E-state index in [1.807, 2.05) is 18.2 Å². The Kier molecular flexibility index (Phi) is 4.41. The number of piperazine rings is 1. The molecule has 1 aromatic carbocycles. The van der Waals surface area contributed by atoms with Crippen LogP contribution < -0.4 is 10.6 Å². The van der Waals surface area contributed by atoms with E-state index >= 15 is 0 Å². The third-order valence-electron chi connectivity index (χ3n) is 6.34. The quantitative estimate of drug-likeness (QED) is 0.691. The van der Waals surface area contributed by atoms with Crippen LogP contribution in [0.3, 0.4) is 0 Å². The van der Waals surface area contributed by atoms with Crippen LogP contribution >= 0.6 is 0 Å². The molecular weight excluding hydrogens is 360 g/mol. The number of nitrogens with one attached hydrogen (secondary N) is 2. The van der Waals surface area contributed by atoms with E-state index in [1.165, 1.54) is 0 Å². The fourth-order valence-electron chi connectivity index (χ4n) is 4.89. The molecule has 0 bridgehead atoms. The average Bonchev–Trinajstić information content (AvgIpc) is 3.28. The molecule has 8 nitrogen and oxygen atoms in total. The second kappa shape index (κ2) is 6.95. The molecule has 1 unspecified atom stereocenters. The predicted octanol–water partition coefficient (Wildman–Crippen LogP) is -0.380. The van der Waals surface area contributed by atoms with Crippen LogP contribution in [0.25, 0.3) is 0 Å². The van der Waals surface area contributed by atoms with E-state index in [2.05, 4.69) is 15.5 Å². The number of hydrogen-bond acceptors (Lipinski definition) is 6. The summed E-state index contributed by atoms with van der Waals surface area (Å²) in [6, 6.07) is 6.06. The minimum absolute atomic E-state index is 0.102. The predicted molar refractivity (Wildman–Crippen MR) is 99.3 cm³/mol. The number of hydrogen-bond donors (Lipinski definition) is 2. The first-order valence-electron chi connectivity index (χ1n) is 9.92. The second-order valence-electron chi connectivity index (χ2n) is 7.99. The topological polar surface area (TPSA) is 91.0 Å². The Bertz CT molecular complexity index is 841. The Labute approximate surface area is 163 Å². The number of piperidine rings is 1. The molecule has 2 N–H and O–H groups in total. The largest absolute Gasteiger partial charge is 0.378 e.